The molecule has 0 aromatic heterocycles. The highest BCUT2D eigenvalue weighted by molar-refractivity contribution is 5.92. The minimum atomic E-state index is -0.526. The summed E-state index contributed by atoms with van der Waals surface area (Å²) in [4.78, 5) is 24.4. The third-order valence-corrected chi connectivity index (χ3v) is 5.51. The molecule has 0 radical (unpaired) electrons. The molecule has 0 bridgehead atoms. The van der Waals surface area contributed by atoms with Crippen LogP contribution in [-0.4, -0.2) is 25.7 Å². The Morgan fingerprint density at radius 2 is 1.22 bits per heavy atom. The van der Waals surface area contributed by atoms with Crippen molar-refractivity contribution in [2.24, 2.45) is 0 Å². The van der Waals surface area contributed by atoms with E-state index in [1.807, 2.05) is 42.5 Å². The van der Waals surface area contributed by atoms with Crippen molar-refractivity contribution in [1.29, 1.82) is 0 Å². The highest BCUT2D eigenvalue weighted by Gasteiger charge is 2.19. The largest absolute Gasteiger partial charge is 0.497 e. The molecule has 0 aliphatic rings. The number of methoxy groups -OCH3 is 1. The molecule has 0 saturated heterocycles. The van der Waals surface area contributed by atoms with Gasteiger partial charge in [-0.05, 0) is 67.8 Å². The van der Waals surface area contributed by atoms with Crippen molar-refractivity contribution in [3.63, 3.8) is 0 Å². The van der Waals surface area contributed by atoms with Gasteiger partial charge in [0.05, 0.1) is 13.7 Å². The Labute approximate surface area is 218 Å². The van der Waals surface area contributed by atoms with Gasteiger partial charge in [-0.2, -0.15) is 0 Å². The number of rotatable bonds is 11. The lowest BCUT2D eigenvalue weighted by atomic mass is 9.97. The summed E-state index contributed by atoms with van der Waals surface area (Å²) in [7, 11) is 1.61. The van der Waals surface area contributed by atoms with Gasteiger partial charge < -0.3 is 18.9 Å². The number of benzene rings is 3. The topological polar surface area (TPSA) is 71.1 Å². The van der Waals surface area contributed by atoms with Crippen molar-refractivity contribution in [2.75, 3.05) is 13.7 Å². The zero-order valence-electron chi connectivity index (χ0n) is 21.8. The molecule has 3 aromatic carbocycles. The third-order valence-electron chi connectivity index (χ3n) is 5.51. The summed E-state index contributed by atoms with van der Waals surface area (Å²) in [6.45, 7) is 13.1. The second-order valence-corrected chi connectivity index (χ2v) is 8.64. The molecule has 0 heterocycles. The van der Waals surface area contributed by atoms with E-state index in [0.717, 1.165) is 29.5 Å². The summed E-state index contributed by atoms with van der Waals surface area (Å²) in [5.74, 6) is 1.10. The van der Waals surface area contributed by atoms with Gasteiger partial charge in [-0.25, -0.2) is 9.59 Å². The molecule has 3 rings (SSSR count). The molecule has 3 aromatic rings. The monoisotopic (exact) mass is 500 g/mol. The van der Waals surface area contributed by atoms with Crippen LogP contribution in [0.5, 0.6) is 23.0 Å². The fraction of sp³-hybridized carbons (Fsp3) is 0.226. The van der Waals surface area contributed by atoms with Gasteiger partial charge in [0.1, 0.15) is 23.0 Å². The summed E-state index contributed by atoms with van der Waals surface area (Å²) in [6.07, 6.45) is 1.87. The number of ether oxygens (including phenoxy) is 4. The van der Waals surface area contributed by atoms with E-state index >= 15 is 0 Å². The number of carbonyl (C=O) groups is 2. The van der Waals surface area contributed by atoms with Crippen molar-refractivity contribution in [1.82, 2.24) is 0 Å². The van der Waals surface area contributed by atoms with Crippen LogP contribution in [0.15, 0.2) is 85.0 Å². The minimum Gasteiger partial charge on any atom is -0.497 e. The standard InChI is InChI=1S/C31H32O6/c1-7-8-17-35-28-18-27(23-9-13-24(34-6)14-10-23)29(37-31(33)21(4)5)19-26(28)22-11-15-25(16-12-22)36-30(32)20(2)3/h9-16,18-19H,2,4,7-8,17H2,1,3,5-6H3. The van der Waals surface area contributed by atoms with Crippen LogP contribution in [0.3, 0.4) is 0 Å². The van der Waals surface area contributed by atoms with Crippen LogP contribution >= 0.6 is 0 Å². The molecule has 0 aliphatic carbocycles. The molecule has 0 aliphatic heterocycles. The average Bonchev–Trinajstić information content (AvgIpc) is 2.89. The van der Waals surface area contributed by atoms with Crippen molar-refractivity contribution in [2.45, 2.75) is 33.6 Å². The zero-order chi connectivity index (χ0) is 26.9. The second kappa shape index (κ2) is 12.6. The highest BCUT2D eigenvalue weighted by Crippen LogP contribution is 2.42. The number of esters is 2. The maximum atomic E-state index is 12.5. The quantitative estimate of drug-likeness (QED) is 0.120. The third kappa shape index (κ3) is 7.10. The number of hydrogen-bond donors (Lipinski definition) is 0. The van der Waals surface area contributed by atoms with E-state index < -0.39 is 11.9 Å². The predicted molar refractivity (Wildman–Crippen MR) is 145 cm³/mol. The summed E-state index contributed by atoms with van der Waals surface area (Å²) in [6, 6.07) is 18.2. The van der Waals surface area contributed by atoms with Crippen LogP contribution < -0.4 is 18.9 Å². The highest BCUT2D eigenvalue weighted by atomic mass is 16.5. The van der Waals surface area contributed by atoms with Crippen LogP contribution in [0.2, 0.25) is 0 Å². The van der Waals surface area contributed by atoms with Crippen molar-refractivity contribution in [3.05, 3.63) is 85.0 Å². The first-order chi connectivity index (χ1) is 17.7. The summed E-state index contributed by atoms with van der Waals surface area (Å²) in [5.41, 5.74) is 3.66. The zero-order valence-corrected chi connectivity index (χ0v) is 21.8. The lowest BCUT2D eigenvalue weighted by molar-refractivity contribution is -0.130. The van der Waals surface area contributed by atoms with Gasteiger partial charge in [-0.1, -0.05) is 50.8 Å². The van der Waals surface area contributed by atoms with Gasteiger partial charge in [-0.15, -0.1) is 0 Å². The van der Waals surface area contributed by atoms with E-state index in [1.165, 1.54) is 0 Å². The Bertz CT molecular complexity index is 1290. The van der Waals surface area contributed by atoms with E-state index in [4.69, 9.17) is 18.9 Å². The van der Waals surface area contributed by atoms with Crippen LogP contribution in [-0.2, 0) is 9.59 Å². The maximum Gasteiger partial charge on any atom is 0.338 e. The minimum absolute atomic E-state index is 0.286. The van der Waals surface area contributed by atoms with Crippen molar-refractivity contribution >= 4 is 11.9 Å². The molecule has 0 saturated carbocycles. The first-order valence-electron chi connectivity index (χ1n) is 12.0. The molecule has 0 amide bonds. The smallest absolute Gasteiger partial charge is 0.338 e. The fourth-order valence-electron chi connectivity index (χ4n) is 3.40. The lowest BCUT2D eigenvalue weighted by Gasteiger charge is -2.18. The fourth-order valence-corrected chi connectivity index (χ4v) is 3.40. The Kier molecular flexibility index (Phi) is 9.27. The molecule has 6 nitrogen and oxygen atoms in total. The Balaban J connectivity index is 2.12. The Hall–Kier alpha value is -4.32. The number of hydrogen-bond acceptors (Lipinski definition) is 6. The molecule has 0 N–H and O–H groups in total. The molecule has 0 fully saturated rings. The van der Waals surface area contributed by atoms with Gasteiger partial charge in [0.2, 0.25) is 0 Å². The number of unbranched alkanes of at least 4 members (excludes halogenated alkanes) is 1. The van der Waals surface area contributed by atoms with Gasteiger partial charge in [0.25, 0.3) is 0 Å². The molecule has 0 unspecified atom stereocenters. The lowest BCUT2D eigenvalue weighted by Crippen LogP contribution is -2.10. The van der Waals surface area contributed by atoms with E-state index in [0.29, 0.717) is 40.7 Å². The van der Waals surface area contributed by atoms with E-state index in [1.54, 1.807) is 39.2 Å². The molecule has 37 heavy (non-hydrogen) atoms. The summed E-state index contributed by atoms with van der Waals surface area (Å²) < 4.78 is 22.6. The van der Waals surface area contributed by atoms with Crippen molar-refractivity contribution < 1.29 is 28.5 Å². The van der Waals surface area contributed by atoms with Gasteiger partial charge in [0, 0.05) is 22.3 Å². The average molecular weight is 501 g/mol. The Morgan fingerprint density at radius 1 is 0.730 bits per heavy atom. The normalized spacial score (nSPS) is 10.4. The molecule has 6 heteroatoms. The Morgan fingerprint density at radius 3 is 1.73 bits per heavy atom. The van der Waals surface area contributed by atoms with Gasteiger partial charge in [-0.3, -0.25) is 0 Å². The SMILES string of the molecule is C=C(C)C(=O)Oc1ccc(-c2cc(OC(=O)C(=C)C)c(-c3ccc(OC)cc3)cc2OCCCC)cc1. The molecule has 192 valence electrons. The number of carbonyl (C=O) groups excluding carboxylic acids is 2. The maximum absolute atomic E-state index is 12.5. The van der Waals surface area contributed by atoms with Crippen LogP contribution in [0.1, 0.15) is 33.6 Å². The van der Waals surface area contributed by atoms with E-state index in [-0.39, 0.29) is 5.57 Å². The molecular weight excluding hydrogens is 468 g/mol. The summed E-state index contributed by atoms with van der Waals surface area (Å²) in [5, 5.41) is 0. The van der Waals surface area contributed by atoms with Crippen LogP contribution in [0.25, 0.3) is 22.3 Å². The first-order valence-corrected chi connectivity index (χ1v) is 12.0. The first kappa shape index (κ1) is 27.3. The van der Waals surface area contributed by atoms with E-state index in [2.05, 4.69) is 20.1 Å². The van der Waals surface area contributed by atoms with Gasteiger partial charge >= 0.3 is 11.9 Å². The van der Waals surface area contributed by atoms with Crippen molar-refractivity contribution in [3.8, 4) is 45.3 Å². The van der Waals surface area contributed by atoms with Gasteiger partial charge in [0.15, 0.2) is 0 Å². The summed E-state index contributed by atoms with van der Waals surface area (Å²) >= 11 is 0. The second-order valence-electron chi connectivity index (χ2n) is 8.64. The van der Waals surface area contributed by atoms with Crippen LogP contribution in [0.4, 0.5) is 0 Å². The molecule has 0 spiro atoms. The van der Waals surface area contributed by atoms with E-state index in [9.17, 15) is 9.59 Å². The van der Waals surface area contributed by atoms with Crippen LogP contribution in [0, 0.1) is 0 Å². The molecular formula is C31H32O6. The predicted octanol–water partition coefficient (Wildman–Crippen LogP) is 7.17. The molecule has 0 atom stereocenters.